The van der Waals surface area contributed by atoms with Crippen molar-refractivity contribution in [2.24, 2.45) is 11.3 Å². The molecule has 0 heterocycles. The molecule has 2 N–H and O–H groups in total. The zero-order chi connectivity index (χ0) is 21.6. The van der Waals surface area contributed by atoms with E-state index in [0.717, 1.165) is 16.9 Å². The first kappa shape index (κ1) is 22.1. The Kier molecular flexibility index (Phi) is 7.15. The minimum atomic E-state index is -1.62. The van der Waals surface area contributed by atoms with E-state index in [1.165, 1.54) is 0 Å². The number of hydrogen-bond acceptors (Lipinski definition) is 4. The second-order valence-corrected chi connectivity index (χ2v) is 7.08. The van der Waals surface area contributed by atoms with Gasteiger partial charge in [0.1, 0.15) is 5.75 Å². The number of carbonyl (C=O) groups excluding carboxylic acids is 1. The quantitative estimate of drug-likeness (QED) is 0.450. The summed E-state index contributed by atoms with van der Waals surface area (Å²) < 4.78 is 5.15. The van der Waals surface area contributed by atoms with E-state index in [4.69, 9.17) is 4.74 Å². The van der Waals surface area contributed by atoms with Crippen LogP contribution in [0.15, 0.2) is 48.5 Å². The third kappa shape index (κ3) is 4.83. The number of carboxylic acid groups (broad SMARTS) is 2. The summed E-state index contributed by atoms with van der Waals surface area (Å²) >= 11 is 0. The number of carbonyl (C=O) groups is 3. The van der Waals surface area contributed by atoms with Gasteiger partial charge in [0.15, 0.2) is 11.7 Å². The molecule has 0 amide bonds. The number of benzene rings is 2. The monoisotopic (exact) mass is 398 g/mol. The van der Waals surface area contributed by atoms with Crippen LogP contribution >= 0.6 is 0 Å². The van der Waals surface area contributed by atoms with E-state index in [0.29, 0.717) is 5.56 Å². The molecule has 29 heavy (non-hydrogen) atoms. The van der Waals surface area contributed by atoms with Gasteiger partial charge < -0.3 is 14.9 Å². The Hall–Kier alpha value is -3.15. The molecule has 0 saturated heterocycles. The molecule has 0 aliphatic rings. The fourth-order valence-electron chi connectivity index (χ4n) is 3.69. The van der Waals surface area contributed by atoms with E-state index in [2.05, 4.69) is 0 Å². The summed E-state index contributed by atoms with van der Waals surface area (Å²) in [5, 5.41) is 18.8. The number of methoxy groups -OCH3 is 1. The smallest absolute Gasteiger partial charge is 0.318 e. The van der Waals surface area contributed by atoms with Crippen molar-refractivity contribution in [1.82, 2.24) is 0 Å². The molecule has 6 heteroatoms. The van der Waals surface area contributed by atoms with Crippen LogP contribution in [-0.4, -0.2) is 35.0 Å². The number of ether oxygens (including phenoxy) is 1. The standard InChI is InChI=1S/C23H26O6/c1-4-23(5-2,20(21(25)26)22(27)28)14-19(24)17-8-6-15(7-9-17)16-10-12-18(29-3)13-11-16/h6-13,20H,4-5,14H2,1-3H3,(H,25,26)(H,27,28). The third-order valence-electron chi connectivity index (χ3n) is 5.66. The van der Waals surface area contributed by atoms with Gasteiger partial charge >= 0.3 is 11.9 Å². The van der Waals surface area contributed by atoms with E-state index in [1.54, 1.807) is 33.1 Å². The number of aliphatic carboxylic acids is 2. The van der Waals surface area contributed by atoms with Gasteiger partial charge in [-0.25, -0.2) is 0 Å². The summed E-state index contributed by atoms with van der Waals surface area (Å²) in [5.41, 5.74) is 1.19. The maximum absolute atomic E-state index is 12.9. The molecule has 0 saturated carbocycles. The van der Waals surface area contributed by atoms with E-state index in [1.807, 2.05) is 36.4 Å². The third-order valence-corrected chi connectivity index (χ3v) is 5.66. The largest absolute Gasteiger partial charge is 0.497 e. The van der Waals surface area contributed by atoms with Gasteiger partial charge in [-0.05, 0) is 36.1 Å². The Bertz CT molecular complexity index is 849. The predicted octanol–water partition coefficient (Wildman–Crippen LogP) is 4.53. The summed E-state index contributed by atoms with van der Waals surface area (Å²) in [7, 11) is 1.60. The SMILES string of the molecule is CCC(CC)(CC(=O)c1ccc(-c2ccc(OC)cc2)cc1)C(C(=O)O)C(=O)O. The Balaban J connectivity index is 2.26. The molecule has 0 atom stereocenters. The Morgan fingerprint density at radius 3 is 1.69 bits per heavy atom. The van der Waals surface area contributed by atoms with E-state index in [-0.39, 0.29) is 25.0 Å². The lowest BCUT2D eigenvalue weighted by atomic mass is 9.67. The summed E-state index contributed by atoms with van der Waals surface area (Å²) in [6.45, 7) is 3.45. The van der Waals surface area contributed by atoms with Crippen molar-refractivity contribution in [2.45, 2.75) is 33.1 Å². The van der Waals surface area contributed by atoms with Gasteiger partial charge in [-0.2, -0.15) is 0 Å². The summed E-state index contributed by atoms with van der Waals surface area (Å²) in [6, 6.07) is 14.6. The van der Waals surface area contributed by atoms with Crippen molar-refractivity contribution in [3.05, 3.63) is 54.1 Å². The fraction of sp³-hybridized carbons (Fsp3) is 0.348. The minimum Gasteiger partial charge on any atom is -0.497 e. The lowest BCUT2D eigenvalue weighted by Gasteiger charge is -2.34. The number of Topliss-reactive ketones (excluding diaryl/α,β-unsaturated/α-hetero) is 1. The molecule has 154 valence electrons. The van der Waals surface area contributed by atoms with E-state index >= 15 is 0 Å². The van der Waals surface area contributed by atoms with Gasteiger partial charge in [0.2, 0.25) is 0 Å². The molecular weight excluding hydrogens is 372 g/mol. The first-order valence-corrected chi connectivity index (χ1v) is 9.51. The van der Waals surface area contributed by atoms with Gasteiger partial charge in [0.25, 0.3) is 0 Å². The first-order valence-electron chi connectivity index (χ1n) is 9.51. The number of ketones is 1. The Morgan fingerprint density at radius 2 is 1.31 bits per heavy atom. The molecule has 0 bridgehead atoms. The molecule has 0 aliphatic carbocycles. The molecular formula is C23H26O6. The Labute approximate surface area is 170 Å². The van der Waals surface area contributed by atoms with Crippen molar-refractivity contribution in [3.8, 4) is 16.9 Å². The molecule has 6 nitrogen and oxygen atoms in total. The number of carboxylic acids is 2. The van der Waals surface area contributed by atoms with Crippen LogP contribution in [0.5, 0.6) is 5.75 Å². The number of rotatable bonds is 10. The molecule has 2 aromatic rings. The van der Waals surface area contributed by atoms with Crippen LogP contribution in [0.2, 0.25) is 0 Å². The summed E-state index contributed by atoms with van der Waals surface area (Å²) in [4.78, 5) is 36.0. The highest BCUT2D eigenvalue weighted by molar-refractivity contribution is 5.99. The maximum Gasteiger partial charge on any atom is 0.318 e. The lowest BCUT2D eigenvalue weighted by Crippen LogP contribution is -2.42. The number of hydrogen-bond donors (Lipinski definition) is 2. The Morgan fingerprint density at radius 1 is 0.862 bits per heavy atom. The summed E-state index contributed by atoms with van der Waals surface area (Å²) in [6.07, 6.45) is 0.427. The van der Waals surface area contributed by atoms with Crippen molar-refractivity contribution in [1.29, 1.82) is 0 Å². The van der Waals surface area contributed by atoms with Gasteiger partial charge in [-0.15, -0.1) is 0 Å². The maximum atomic E-state index is 12.9. The van der Waals surface area contributed by atoms with Crippen molar-refractivity contribution in [2.75, 3.05) is 7.11 Å². The van der Waals surface area contributed by atoms with Crippen molar-refractivity contribution in [3.63, 3.8) is 0 Å². The lowest BCUT2D eigenvalue weighted by molar-refractivity contribution is -0.161. The van der Waals surface area contributed by atoms with Gasteiger partial charge in [0, 0.05) is 17.4 Å². The van der Waals surface area contributed by atoms with Crippen LogP contribution < -0.4 is 4.74 Å². The van der Waals surface area contributed by atoms with Crippen LogP contribution in [-0.2, 0) is 9.59 Å². The highest BCUT2D eigenvalue weighted by atomic mass is 16.5. The molecule has 2 rings (SSSR count). The topological polar surface area (TPSA) is 101 Å². The molecule has 0 spiro atoms. The van der Waals surface area contributed by atoms with Crippen LogP contribution in [0.25, 0.3) is 11.1 Å². The van der Waals surface area contributed by atoms with Gasteiger partial charge in [-0.1, -0.05) is 50.2 Å². The van der Waals surface area contributed by atoms with Crippen LogP contribution in [0, 0.1) is 11.3 Å². The molecule has 2 aromatic carbocycles. The molecule has 0 aromatic heterocycles. The molecule has 0 radical (unpaired) electrons. The molecule has 0 unspecified atom stereocenters. The highest BCUT2D eigenvalue weighted by Crippen LogP contribution is 2.40. The predicted molar refractivity (Wildman–Crippen MR) is 109 cm³/mol. The van der Waals surface area contributed by atoms with Crippen LogP contribution in [0.1, 0.15) is 43.5 Å². The summed E-state index contributed by atoms with van der Waals surface area (Å²) in [5.74, 6) is -3.96. The average molecular weight is 398 g/mol. The van der Waals surface area contributed by atoms with E-state index < -0.39 is 23.3 Å². The second-order valence-electron chi connectivity index (χ2n) is 7.08. The normalized spacial score (nSPS) is 11.3. The van der Waals surface area contributed by atoms with Crippen molar-refractivity contribution >= 4 is 17.7 Å². The molecule has 0 aliphatic heterocycles. The van der Waals surface area contributed by atoms with Crippen molar-refractivity contribution < 1.29 is 29.3 Å². The minimum absolute atomic E-state index is 0.134. The second kappa shape index (κ2) is 9.37. The van der Waals surface area contributed by atoms with Gasteiger partial charge in [-0.3, -0.25) is 14.4 Å². The first-order chi connectivity index (χ1) is 13.8. The molecule has 0 fully saturated rings. The zero-order valence-corrected chi connectivity index (χ0v) is 16.8. The van der Waals surface area contributed by atoms with E-state index in [9.17, 15) is 24.6 Å². The fourth-order valence-corrected chi connectivity index (χ4v) is 3.69. The van der Waals surface area contributed by atoms with Gasteiger partial charge in [0.05, 0.1) is 7.11 Å². The average Bonchev–Trinajstić information content (AvgIpc) is 2.72. The van der Waals surface area contributed by atoms with Crippen LogP contribution in [0.4, 0.5) is 0 Å². The zero-order valence-electron chi connectivity index (χ0n) is 16.8. The highest BCUT2D eigenvalue weighted by Gasteiger charge is 2.46. The van der Waals surface area contributed by atoms with Crippen LogP contribution in [0.3, 0.4) is 0 Å².